The molecule has 1 aliphatic rings. The van der Waals surface area contributed by atoms with Gasteiger partial charge >= 0.3 is 0 Å². The Morgan fingerprint density at radius 2 is 1.90 bits per heavy atom. The normalized spacial score (nSPS) is 15.0. The van der Waals surface area contributed by atoms with Crippen LogP contribution >= 0.6 is 11.8 Å². The molecule has 0 radical (unpaired) electrons. The average Bonchev–Trinajstić information content (AvgIpc) is 2.75. The fourth-order valence-corrected chi connectivity index (χ4v) is 5.13. The molecule has 1 aliphatic heterocycles. The van der Waals surface area contributed by atoms with E-state index in [4.69, 9.17) is 9.47 Å². The van der Waals surface area contributed by atoms with E-state index in [1.165, 1.54) is 53.5 Å². The molecular formula is C20H23FN2O5S2. The predicted molar refractivity (Wildman–Crippen MR) is 114 cm³/mol. The largest absolute Gasteiger partial charge is 0.495 e. The Hall–Kier alpha value is -2.14. The summed E-state index contributed by atoms with van der Waals surface area (Å²) >= 11 is 1.37. The summed E-state index contributed by atoms with van der Waals surface area (Å²) in [4.78, 5) is 12.4. The molecule has 2 aromatic rings. The van der Waals surface area contributed by atoms with Crippen molar-refractivity contribution in [1.29, 1.82) is 0 Å². The molecule has 0 unspecified atom stereocenters. The molecule has 7 nitrogen and oxygen atoms in total. The number of ether oxygens (including phenoxy) is 2. The van der Waals surface area contributed by atoms with Gasteiger partial charge in [0, 0.05) is 18.8 Å². The van der Waals surface area contributed by atoms with Crippen LogP contribution < -0.4 is 10.1 Å². The quantitative estimate of drug-likeness (QED) is 0.660. The highest BCUT2D eigenvalue weighted by Gasteiger charge is 2.27. The first-order chi connectivity index (χ1) is 14.4. The molecule has 1 saturated heterocycles. The lowest BCUT2D eigenvalue weighted by atomic mass is 10.2. The van der Waals surface area contributed by atoms with E-state index >= 15 is 0 Å². The second kappa shape index (κ2) is 10.3. The van der Waals surface area contributed by atoms with Crippen LogP contribution in [0.3, 0.4) is 0 Å². The number of nitrogens with one attached hydrogen (secondary N) is 1. The summed E-state index contributed by atoms with van der Waals surface area (Å²) in [6.07, 6.45) is 0. The molecule has 0 aromatic heterocycles. The van der Waals surface area contributed by atoms with Crippen molar-refractivity contribution in [1.82, 2.24) is 4.31 Å². The summed E-state index contributed by atoms with van der Waals surface area (Å²) in [5.74, 6) is 0.478. The van der Waals surface area contributed by atoms with Gasteiger partial charge in [-0.1, -0.05) is 12.1 Å². The molecule has 0 aliphatic carbocycles. The van der Waals surface area contributed by atoms with Gasteiger partial charge in [0.15, 0.2) is 0 Å². The van der Waals surface area contributed by atoms with Crippen LogP contribution in [0.1, 0.15) is 5.56 Å². The maximum Gasteiger partial charge on any atom is 0.243 e. The number of anilines is 1. The van der Waals surface area contributed by atoms with Crippen LogP contribution in [0.4, 0.5) is 10.1 Å². The summed E-state index contributed by atoms with van der Waals surface area (Å²) in [7, 11) is -2.24. The van der Waals surface area contributed by atoms with Gasteiger partial charge in [-0.05, 0) is 35.9 Å². The van der Waals surface area contributed by atoms with Gasteiger partial charge < -0.3 is 14.8 Å². The Bertz CT molecular complexity index is 977. The molecule has 2 aromatic carbocycles. The number of hydrogen-bond donors (Lipinski definition) is 1. The number of amides is 1. The standard InChI is InChI=1S/C20H23FN2O5S2/c1-27-19-7-6-17(30(25,26)23-8-10-28-11-9-23)12-18(19)22-20(24)14-29-13-15-2-4-16(21)5-3-15/h2-7,12H,8-11,13-14H2,1H3,(H,22,24). The lowest BCUT2D eigenvalue weighted by molar-refractivity contribution is -0.113. The topological polar surface area (TPSA) is 84.9 Å². The van der Waals surface area contributed by atoms with Crippen molar-refractivity contribution < 1.29 is 27.1 Å². The predicted octanol–water partition coefficient (Wildman–Crippen LogP) is 2.73. The Morgan fingerprint density at radius 3 is 2.57 bits per heavy atom. The number of carbonyl (C=O) groups is 1. The Kier molecular flexibility index (Phi) is 7.70. The van der Waals surface area contributed by atoms with E-state index in [0.29, 0.717) is 30.4 Å². The molecule has 10 heteroatoms. The summed E-state index contributed by atoms with van der Waals surface area (Å²) < 4.78 is 50.5. The number of halogens is 1. The molecule has 1 heterocycles. The van der Waals surface area contributed by atoms with Crippen LogP contribution in [0.25, 0.3) is 0 Å². The van der Waals surface area contributed by atoms with Gasteiger partial charge in [0.25, 0.3) is 0 Å². The van der Waals surface area contributed by atoms with Crippen LogP contribution in [0.15, 0.2) is 47.4 Å². The van der Waals surface area contributed by atoms with Crippen LogP contribution in [0.2, 0.25) is 0 Å². The Balaban J connectivity index is 1.65. The monoisotopic (exact) mass is 454 g/mol. The fraction of sp³-hybridized carbons (Fsp3) is 0.350. The highest BCUT2D eigenvalue weighted by atomic mass is 32.2. The molecule has 162 valence electrons. The van der Waals surface area contributed by atoms with E-state index < -0.39 is 10.0 Å². The zero-order valence-corrected chi connectivity index (χ0v) is 18.1. The number of hydrogen-bond acceptors (Lipinski definition) is 6. The molecule has 0 atom stereocenters. The van der Waals surface area contributed by atoms with E-state index in [0.717, 1.165) is 5.56 Å². The first-order valence-corrected chi connectivity index (χ1v) is 11.9. The van der Waals surface area contributed by atoms with Crippen molar-refractivity contribution >= 4 is 33.4 Å². The molecule has 30 heavy (non-hydrogen) atoms. The number of rotatable bonds is 8. The van der Waals surface area contributed by atoms with E-state index in [2.05, 4.69) is 5.32 Å². The number of morpholine rings is 1. The first kappa shape index (κ1) is 22.5. The maximum absolute atomic E-state index is 13.0. The number of methoxy groups -OCH3 is 1. The smallest absolute Gasteiger partial charge is 0.243 e. The highest BCUT2D eigenvalue weighted by molar-refractivity contribution is 7.99. The van der Waals surface area contributed by atoms with Crippen molar-refractivity contribution in [3.05, 3.63) is 53.8 Å². The van der Waals surface area contributed by atoms with E-state index in [1.54, 1.807) is 12.1 Å². The minimum absolute atomic E-state index is 0.0828. The molecule has 1 fully saturated rings. The van der Waals surface area contributed by atoms with Gasteiger partial charge in [0.05, 0.1) is 36.7 Å². The third kappa shape index (κ3) is 5.72. The van der Waals surface area contributed by atoms with Crippen molar-refractivity contribution in [2.75, 3.05) is 44.5 Å². The van der Waals surface area contributed by atoms with Gasteiger partial charge in [-0.3, -0.25) is 4.79 Å². The Morgan fingerprint density at radius 1 is 1.20 bits per heavy atom. The molecular weight excluding hydrogens is 431 g/mol. The SMILES string of the molecule is COc1ccc(S(=O)(=O)N2CCOCC2)cc1NC(=O)CSCc1ccc(F)cc1. The highest BCUT2D eigenvalue weighted by Crippen LogP contribution is 2.29. The number of carbonyl (C=O) groups excluding carboxylic acids is 1. The average molecular weight is 455 g/mol. The number of thioether (sulfide) groups is 1. The number of benzene rings is 2. The molecule has 1 N–H and O–H groups in total. The lowest BCUT2D eigenvalue weighted by Gasteiger charge is -2.26. The van der Waals surface area contributed by atoms with Gasteiger partial charge in [0.1, 0.15) is 11.6 Å². The van der Waals surface area contributed by atoms with Crippen LogP contribution in [-0.4, -0.2) is 57.8 Å². The van der Waals surface area contributed by atoms with Crippen LogP contribution in [0, 0.1) is 5.82 Å². The minimum atomic E-state index is -3.69. The molecule has 0 saturated carbocycles. The molecule has 0 bridgehead atoms. The van der Waals surface area contributed by atoms with Crippen LogP contribution in [-0.2, 0) is 25.3 Å². The molecule has 3 rings (SSSR count). The Labute approximate surface area is 179 Å². The van der Waals surface area contributed by atoms with Crippen molar-refractivity contribution in [3.63, 3.8) is 0 Å². The second-order valence-corrected chi connectivity index (χ2v) is 9.47. The first-order valence-electron chi connectivity index (χ1n) is 9.28. The van der Waals surface area contributed by atoms with Gasteiger partial charge in [-0.15, -0.1) is 11.8 Å². The fourth-order valence-electron chi connectivity index (χ4n) is 2.91. The summed E-state index contributed by atoms with van der Waals surface area (Å²) in [5, 5.41) is 2.72. The zero-order valence-electron chi connectivity index (χ0n) is 16.5. The van der Waals surface area contributed by atoms with Crippen molar-refractivity contribution in [3.8, 4) is 5.75 Å². The lowest BCUT2D eigenvalue weighted by Crippen LogP contribution is -2.40. The van der Waals surface area contributed by atoms with Gasteiger partial charge in [0.2, 0.25) is 15.9 Å². The minimum Gasteiger partial charge on any atom is -0.495 e. The van der Waals surface area contributed by atoms with Crippen molar-refractivity contribution in [2.24, 2.45) is 0 Å². The van der Waals surface area contributed by atoms with E-state index in [-0.39, 0.29) is 35.5 Å². The number of sulfonamides is 1. The summed E-state index contributed by atoms with van der Waals surface area (Å²) in [6, 6.07) is 10.5. The summed E-state index contributed by atoms with van der Waals surface area (Å²) in [6.45, 7) is 1.28. The van der Waals surface area contributed by atoms with Gasteiger partial charge in [-0.2, -0.15) is 4.31 Å². The third-order valence-corrected chi connectivity index (χ3v) is 7.37. The maximum atomic E-state index is 13.0. The van der Waals surface area contributed by atoms with Crippen LogP contribution in [0.5, 0.6) is 5.75 Å². The summed E-state index contributed by atoms with van der Waals surface area (Å²) in [5.41, 5.74) is 1.20. The zero-order chi connectivity index (χ0) is 21.6. The second-order valence-electron chi connectivity index (χ2n) is 6.55. The third-order valence-electron chi connectivity index (χ3n) is 4.47. The van der Waals surface area contributed by atoms with Crippen molar-refractivity contribution in [2.45, 2.75) is 10.6 Å². The number of nitrogens with zero attached hydrogens (tertiary/aromatic N) is 1. The van der Waals surface area contributed by atoms with E-state index in [1.807, 2.05) is 0 Å². The van der Waals surface area contributed by atoms with E-state index in [9.17, 15) is 17.6 Å². The van der Waals surface area contributed by atoms with Gasteiger partial charge in [-0.25, -0.2) is 12.8 Å². The molecule has 1 amide bonds. The molecule has 0 spiro atoms.